The summed E-state index contributed by atoms with van der Waals surface area (Å²) in [4.78, 5) is 16.0. The third-order valence-electron chi connectivity index (χ3n) is 2.58. The summed E-state index contributed by atoms with van der Waals surface area (Å²) in [6.07, 6.45) is 2.35. The summed E-state index contributed by atoms with van der Waals surface area (Å²) in [7, 11) is 0. The Balaban J connectivity index is 0.00000180. The molecule has 20 heavy (non-hydrogen) atoms. The molecule has 1 N–H and O–H groups in total. The van der Waals surface area contributed by atoms with E-state index in [9.17, 15) is 4.79 Å². The Morgan fingerprint density at radius 1 is 1.45 bits per heavy atom. The number of amides is 1. The molecule has 2 rings (SSSR count). The molecule has 0 aliphatic carbocycles. The van der Waals surface area contributed by atoms with E-state index in [1.807, 2.05) is 20.8 Å². The second-order valence-electron chi connectivity index (χ2n) is 4.02. The molecule has 2 radical (unpaired) electrons. The molecule has 1 aromatic carbocycles. The van der Waals surface area contributed by atoms with Gasteiger partial charge in [0, 0.05) is 57.7 Å². The maximum atomic E-state index is 12.0. The van der Waals surface area contributed by atoms with Crippen molar-refractivity contribution in [3.63, 3.8) is 0 Å². The van der Waals surface area contributed by atoms with Crippen molar-refractivity contribution in [3.05, 3.63) is 46.8 Å². The Morgan fingerprint density at radius 2 is 2.15 bits per heavy atom. The molecule has 2 aromatic rings. The number of nitrogens with one attached hydrogen (secondary N) is 1. The number of carbonyl (C=O) groups is 1. The molecule has 0 saturated carbocycles. The molecule has 0 bridgehead atoms. The van der Waals surface area contributed by atoms with Gasteiger partial charge in [-0.3, -0.25) is 27.3 Å². The zero-order valence-electron chi connectivity index (χ0n) is 11.7. The van der Waals surface area contributed by atoms with Crippen molar-refractivity contribution in [2.45, 2.75) is 27.2 Å². The van der Waals surface area contributed by atoms with Crippen LogP contribution in [-0.2, 0) is 57.7 Å². The molecule has 6 heteroatoms. The summed E-state index contributed by atoms with van der Waals surface area (Å²) in [6, 6.07) is 7.88. The van der Waals surface area contributed by atoms with Gasteiger partial charge in [0.05, 0.1) is 6.20 Å². The van der Waals surface area contributed by atoms with E-state index in [1.54, 1.807) is 12.3 Å². The van der Waals surface area contributed by atoms with Crippen molar-refractivity contribution >= 4 is 11.9 Å². The van der Waals surface area contributed by atoms with Crippen molar-refractivity contribution in [2.24, 2.45) is 0 Å². The summed E-state index contributed by atoms with van der Waals surface area (Å²) in [5.74, 6) is 0.480. The number of rotatable bonds is 3. The first-order valence-electron chi connectivity index (χ1n) is 5.77. The molecule has 4 nitrogen and oxygen atoms in total. The number of aryl methyl sites for hydroxylation is 3. The number of hydrogen-bond acceptors (Lipinski definition) is 3. The van der Waals surface area contributed by atoms with E-state index in [1.165, 1.54) is 0 Å². The first-order chi connectivity index (χ1) is 8.60. The molecule has 0 fully saturated rings. The number of aromatic nitrogens is 1. The Bertz CT molecular complexity index is 584. The number of oxazole rings is 1. The number of benzene rings is 1. The topological polar surface area (TPSA) is 55.1 Å². The van der Waals surface area contributed by atoms with Gasteiger partial charge in [-0.2, -0.15) is 5.56 Å². The Labute approximate surface area is 155 Å². The van der Waals surface area contributed by atoms with Crippen LogP contribution in [0.3, 0.4) is 0 Å². The van der Waals surface area contributed by atoms with E-state index >= 15 is 0 Å². The van der Waals surface area contributed by atoms with Crippen LogP contribution in [0.1, 0.15) is 34.2 Å². The molecular formula is C14H14N2O2VY-2. The van der Waals surface area contributed by atoms with Gasteiger partial charge in [0.15, 0.2) is 0 Å². The fourth-order valence-electron chi connectivity index (χ4n) is 1.60. The maximum absolute atomic E-state index is 12.0. The van der Waals surface area contributed by atoms with Gasteiger partial charge in [-0.25, -0.2) is 4.98 Å². The van der Waals surface area contributed by atoms with Crippen LogP contribution in [0.2, 0.25) is 0 Å². The van der Waals surface area contributed by atoms with Gasteiger partial charge in [-0.05, 0) is 0 Å². The van der Waals surface area contributed by atoms with Crippen molar-refractivity contribution < 1.29 is 60.5 Å². The number of carbonyl (C=O) groups excluding carboxylic acids is 1. The Morgan fingerprint density at radius 3 is 2.70 bits per heavy atom. The second kappa shape index (κ2) is 8.78. The maximum Gasteiger partial charge on any atom is 0.300 e. The average molecular weight is 382 g/mol. The molecular weight excluding hydrogens is 368 g/mol. The molecule has 102 valence electrons. The van der Waals surface area contributed by atoms with E-state index < -0.39 is 0 Å². The average Bonchev–Trinajstić information content (AvgIpc) is 2.76. The van der Waals surface area contributed by atoms with Crippen LogP contribution < -0.4 is 5.32 Å². The number of nitrogens with zero attached hydrogens (tertiary/aromatic N) is 1. The number of anilines is 1. The van der Waals surface area contributed by atoms with Gasteiger partial charge in [-0.15, -0.1) is 0 Å². The minimum Gasteiger partial charge on any atom is -0.429 e. The van der Waals surface area contributed by atoms with Gasteiger partial charge in [0.1, 0.15) is 11.7 Å². The van der Waals surface area contributed by atoms with Crippen molar-refractivity contribution in [1.82, 2.24) is 4.98 Å². The third kappa shape index (κ3) is 4.85. The predicted octanol–water partition coefficient (Wildman–Crippen LogP) is 2.70. The first-order valence-corrected chi connectivity index (χ1v) is 5.77. The molecule has 0 saturated heterocycles. The Kier molecular flexibility index (Phi) is 8.60. The third-order valence-corrected chi connectivity index (χ3v) is 2.58. The quantitative estimate of drug-likeness (QED) is 0.831. The summed E-state index contributed by atoms with van der Waals surface area (Å²) in [5.41, 5.74) is 2.19. The Hall–Kier alpha value is -0.412. The van der Waals surface area contributed by atoms with Crippen LogP contribution >= 0.6 is 0 Å². The van der Waals surface area contributed by atoms with E-state index in [0.717, 1.165) is 23.3 Å². The summed E-state index contributed by atoms with van der Waals surface area (Å²) in [6.45, 7) is 5.68. The summed E-state index contributed by atoms with van der Waals surface area (Å²) < 4.78 is 5.33. The van der Waals surface area contributed by atoms with Gasteiger partial charge in [-0.1, -0.05) is 20.8 Å². The summed E-state index contributed by atoms with van der Waals surface area (Å²) >= 11 is 0. The van der Waals surface area contributed by atoms with Gasteiger partial charge in [0.25, 0.3) is 6.01 Å². The molecule has 0 aliphatic rings. The minimum atomic E-state index is -0.260. The summed E-state index contributed by atoms with van der Waals surface area (Å²) in [5, 5.41) is 2.62. The van der Waals surface area contributed by atoms with Crippen LogP contribution in [0.4, 0.5) is 6.01 Å². The zero-order valence-corrected chi connectivity index (χ0v) is 15.9. The van der Waals surface area contributed by atoms with Gasteiger partial charge >= 0.3 is 0 Å². The van der Waals surface area contributed by atoms with Crippen LogP contribution in [0.25, 0.3) is 0 Å². The van der Waals surface area contributed by atoms with Gasteiger partial charge < -0.3 is 16.5 Å². The normalized spacial score (nSPS) is 9.35. The van der Waals surface area contributed by atoms with E-state index in [0.29, 0.717) is 5.56 Å². The molecule has 0 aliphatic heterocycles. The minimum absolute atomic E-state index is 0. The van der Waals surface area contributed by atoms with Crippen molar-refractivity contribution in [1.29, 1.82) is 0 Å². The smallest absolute Gasteiger partial charge is 0.300 e. The first kappa shape index (κ1) is 19.6. The zero-order chi connectivity index (χ0) is 13.1. The molecule has 1 heterocycles. The van der Waals surface area contributed by atoms with Crippen LogP contribution in [0, 0.1) is 26.0 Å². The van der Waals surface area contributed by atoms with E-state index in [4.69, 9.17) is 4.42 Å². The largest absolute Gasteiger partial charge is 0.429 e. The monoisotopic (exact) mass is 382 g/mol. The second-order valence-corrected chi connectivity index (χ2v) is 4.02. The van der Waals surface area contributed by atoms with Crippen LogP contribution in [-0.4, -0.2) is 10.9 Å². The number of hydrogen-bond donors (Lipinski definition) is 1. The SMILES string of the molecule is CCc1cnc(NC(=O)c2c[c-]c(C)[c-]c2C)o1.[V].[Y]. The molecule has 0 spiro atoms. The van der Waals surface area contributed by atoms with Gasteiger partial charge in [0.2, 0.25) is 0 Å². The fraction of sp³-hybridized carbons (Fsp3) is 0.286. The molecule has 0 atom stereocenters. The molecule has 1 aromatic heterocycles. The molecule has 1 amide bonds. The standard InChI is InChI=1S/C14H14N2O2.V.Y/c1-4-11-8-15-14(18-11)16-13(17)12-6-5-9(2)7-10(12)3;;/h6,8H,4H2,1-3H3,(H,15,16,17);;/q-2;;. The van der Waals surface area contributed by atoms with Crippen LogP contribution in [0.5, 0.6) is 0 Å². The van der Waals surface area contributed by atoms with Crippen molar-refractivity contribution in [3.8, 4) is 0 Å². The fourth-order valence-corrected chi connectivity index (χ4v) is 1.60. The van der Waals surface area contributed by atoms with E-state index in [2.05, 4.69) is 22.4 Å². The van der Waals surface area contributed by atoms with Crippen molar-refractivity contribution in [2.75, 3.05) is 5.32 Å². The van der Waals surface area contributed by atoms with Crippen LogP contribution in [0.15, 0.2) is 16.7 Å². The van der Waals surface area contributed by atoms with E-state index in [-0.39, 0.29) is 63.2 Å². The molecule has 0 unspecified atom stereocenters. The predicted molar refractivity (Wildman–Crippen MR) is 67.4 cm³/mol.